The van der Waals surface area contributed by atoms with Gasteiger partial charge in [-0.15, -0.1) is 0 Å². The Kier molecular flexibility index (Phi) is 7.71. The number of nitrogen functional groups attached to an aromatic ring is 1. The molecule has 4 aromatic rings. The van der Waals surface area contributed by atoms with Crippen molar-refractivity contribution in [3.8, 4) is 0 Å². The first-order chi connectivity index (χ1) is 19.4. The van der Waals surface area contributed by atoms with Crippen LogP contribution in [0.4, 0.5) is 10.3 Å². The highest BCUT2D eigenvalue weighted by Gasteiger charge is 2.51. The summed E-state index contributed by atoms with van der Waals surface area (Å²) in [4.78, 5) is 34.1. The Bertz CT molecular complexity index is 1620. The Morgan fingerprint density at radius 3 is 2.22 bits per heavy atom. The molecule has 0 radical (unpaired) electrons. The smallest absolute Gasteiger partial charge is 0.399 e. The normalized spacial score (nSPS) is 16.7. The molecular formula is C30H29BBrFN4O4. The van der Waals surface area contributed by atoms with Crippen molar-refractivity contribution in [3.05, 3.63) is 93.3 Å². The van der Waals surface area contributed by atoms with Gasteiger partial charge in [-0.1, -0.05) is 52.3 Å². The van der Waals surface area contributed by atoms with E-state index in [2.05, 4.69) is 25.9 Å². The van der Waals surface area contributed by atoms with Gasteiger partial charge in [-0.2, -0.15) is 0 Å². The number of carbonyl (C=O) groups is 2. The monoisotopic (exact) mass is 618 g/mol. The number of hydrogen-bond acceptors (Lipinski definition) is 7. The molecule has 2 aliphatic heterocycles. The molecule has 0 bridgehead atoms. The Labute approximate surface area is 246 Å². The number of nitrogens with two attached hydrogens (primary N) is 1. The second-order valence-electron chi connectivity index (χ2n) is 11.0. The minimum Gasteiger partial charge on any atom is -0.399 e. The van der Waals surface area contributed by atoms with E-state index in [1.165, 1.54) is 18.2 Å². The lowest BCUT2D eigenvalue weighted by molar-refractivity contribution is 0.00578. The van der Waals surface area contributed by atoms with Crippen LogP contribution in [-0.4, -0.2) is 45.4 Å². The molecule has 11 heteroatoms. The van der Waals surface area contributed by atoms with Crippen molar-refractivity contribution in [2.75, 3.05) is 5.73 Å². The van der Waals surface area contributed by atoms with Gasteiger partial charge in [0.1, 0.15) is 11.5 Å². The molecule has 210 valence electrons. The second-order valence-corrected chi connectivity index (χ2v) is 11.9. The van der Waals surface area contributed by atoms with E-state index in [0.717, 1.165) is 16.6 Å². The summed E-state index contributed by atoms with van der Waals surface area (Å²) in [5.41, 5.74) is 9.40. The average Bonchev–Trinajstić information content (AvgIpc) is 3.46. The number of benzene rings is 3. The molecule has 0 atom stereocenters. The third-order valence-electron chi connectivity index (χ3n) is 7.68. The first-order valence-electron chi connectivity index (χ1n) is 13.1. The lowest BCUT2D eigenvalue weighted by Gasteiger charge is -2.32. The quantitative estimate of drug-likeness (QED) is 0.252. The fraction of sp³-hybridized carbons (Fsp3) is 0.267. The number of fused-ring (bicyclic) bond motifs is 2. The summed E-state index contributed by atoms with van der Waals surface area (Å²) in [7, 11) is -0.536. The van der Waals surface area contributed by atoms with Crippen molar-refractivity contribution in [3.63, 3.8) is 0 Å². The van der Waals surface area contributed by atoms with Gasteiger partial charge in [0.2, 0.25) is 5.95 Å². The summed E-state index contributed by atoms with van der Waals surface area (Å²) in [6.07, 6.45) is 0.604. The Balaban J connectivity index is 0.000000287. The molecule has 1 saturated heterocycles. The molecule has 2 N–H and O–H groups in total. The first-order valence-corrected chi connectivity index (χ1v) is 13.9. The molecule has 2 aliphatic rings. The summed E-state index contributed by atoms with van der Waals surface area (Å²) < 4.78 is 25.3. The molecule has 0 aliphatic carbocycles. The van der Waals surface area contributed by atoms with Crippen LogP contribution in [0.1, 0.15) is 59.7 Å². The predicted molar refractivity (Wildman–Crippen MR) is 159 cm³/mol. The summed E-state index contributed by atoms with van der Waals surface area (Å²) in [6, 6.07) is 17.7. The maximum absolute atomic E-state index is 13.4. The molecule has 1 aromatic heterocycles. The molecule has 8 nitrogen and oxygen atoms in total. The highest BCUT2D eigenvalue weighted by atomic mass is 79.9. The van der Waals surface area contributed by atoms with Crippen LogP contribution in [0.25, 0.3) is 10.9 Å². The van der Waals surface area contributed by atoms with Crippen molar-refractivity contribution in [1.29, 1.82) is 0 Å². The van der Waals surface area contributed by atoms with E-state index in [-0.39, 0.29) is 11.9 Å². The SMILES string of the molecule is CC1(C)OB(c2ccc3nc(N)nc(C(=O)N4Cc5ccccc5C4)c3c2)OC1(C)C.O=Cc1cc(F)ccc1Br. The molecule has 6 rings (SSSR count). The van der Waals surface area contributed by atoms with Gasteiger partial charge in [0.25, 0.3) is 5.91 Å². The number of aldehydes is 1. The van der Waals surface area contributed by atoms with E-state index in [0.29, 0.717) is 46.0 Å². The van der Waals surface area contributed by atoms with E-state index in [1.54, 1.807) is 4.90 Å². The fourth-order valence-electron chi connectivity index (χ4n) is 4.68. The molecule has 0 unspecified atom stereocenters. The van der Waals surface area contributed by atoms with Crippen molar-refractivity contribution in [2.24, 2.45) is 0 Å². The molecule has 0 spiro atoms. The minimum absolute atomic E-state index is 0.0796. The molecule has 1 fully saturated rings. The third kappa shape index (κ3) is 5.75. The third-order valence-corrected chi connectivity index (χ3v) is 8.40. The molecule has 3 aromatic carbocycles. The van der Waals surface area contributed by atoms with E-state index in [9.17, 15) is 14.0 Å². The summed E-state index contributed by atoms with van der Waals surface area (Å²) >= 11 is 3.09. The Hall–Kier alpha value is -3.67. The number of rotatable bonds is 3. The zero-order chi connectivity index (χ0) is 29.5. The van der Waals surface area contributed by atoms with Gasteiger partial charge >= 0.3 is 7.12 Å². The lowest BCUT2D eigenvalue weighted by atomic mass is 9.78. The maximum atomic E-state index is 13.4. The lowest BCUT2D eigenvalue weighted by Crippen LogP contribution is -2.41. The van der Waals surface area contributed by atoms with E-state index < -0.39 is 24.1 Å². The highest BCUT2D eigenvalue weighted by Crippen LogP contribution is 2.36. The van der Waals surface area contributed by atoms with Crippen molar-refractivity contribution < 1.29 is 23.3 Å². The van der Waals surface area contributed by atoms with Crippen molar-refractivity contribution >= 4 is 57.6 Å². The van der Waals surface area contributed by atoms with Gasteiger partial charge in [-0.3, -0.25) is 9.59 Å². The topological polar surface area (TPSA) is 108 Å². The van der Waals surface area contributed by atoms with Crippen LogP contribution >= 0.6 is 15.9 Å². The highest BCUT2D eigenvalue weighted by molar-refractivity contribution is 9.10. The zero-order valence-corrected chi connectivity index (χ0v) is 24.7. The van der Waals surface area contributed by atoms with Gasteiger partial charge < -0.3 is 19.9 Å². The largest absolute Gasteiger partial charge is 0.494 e. The number of anilines is 1. The number of halogens is 2. The predicted octanol–water partition coefficient (Wildman–Crippen LogP) is 5.07. The van der Waals surface area contributed by atoms with Crippen LogP contribution in [0.5, 0.6) is 0 Å². The van der Waals surface area contributed by atoms with Gasteiger partial charge in [-0.25, -0.2) is 14.4 Å². The molecule has 1 amide bonds. The van der Waals surface area contributed by atoms with Crippen LogP contribution in [0.3, 0.4) is 0 Å². The second kappa shape index (κ2) is 11.0. The Morgan fingerprint density at radius 2 is 1.63 bits per heavy atom. The number of carbonyl (C=O) groups excluding carboxylic acids is 2. The molecular weight excluding hydrogens is 590 g/mol. The maximum Gasteiger partial charge on any atom is 0.494 e. The molecule has 0 saturated carbocycles. The summed E-state index contributed by atoms with van der Waals surface area (Å²) in [5.74, 6) is -0.484. The summed E-state index contributed by atoms with van der Waals surface area (Å²) in [6.45, 7) is 9.15. The molecule has 41 heavy (non-hydrogen) atoms. The van der Waals surface area contributed by atoms with Crippen LogP contribution in [0.15, 0.2) is 65.1 Å². The van der Waals surface area contributed by atoms with E-state index >= 15 is 0 Å². The average molecular weight is 619 g/mol. The van der Waals surface area contributed by atoms with Crippen LogP contribution in [0.2, 0.25) is 0 Å². The zero-order valence-electron chi connectivity index (χ0n) is 23.2. The standard InChI is InChI=1S/C23H25BN4O3.C7H4BrFO/c1-22(2)23(3,4)31-24(30-22)16-9-10-18-17(11-16)19(27-21(25)26-18)20(29)28-12-14-7-5-6-8-15(14)13-28;8-7-2-1-6(9)3-5(7)4-10/h5-11H,12-13H2,1-4H3,(H2,25,26,27);1-4H. The minimum atomic E-state index is -0.536. The van der Waals surface area contributed by atoms with Crippen LogP contribution in [0, 0.1) is 5.82 Å². The van der Waals surface area contributed by atoms with Crippen LogP contribution in [-0.2, 0) is 22.4 Å². The summed E-state index contributed by atoms with van der Waals surface area (Å²) in [5, 5.41) is 0.641. The number of aromatic nitrogens is 2. The number of nitrogens with zero attached hydrogens (tertiary/aromatic N) is 3. The van der Waals surface area contributed by atoms with Crippen molar-refractivity contribution in [2.45, 2.75) is 52.0 Å². The van der Waals surface area contributed by atoms with Gasteiger partial charge in [0, 0.05) is 28.5 Å². The number of hydrogen-bond donors (Lipinski definition) is 1. The van der Waals surface area contributed by atoms with E-state index in [1.807, 2.05) is 70.2 Å². The fourth-order valence-corrected chi connectivity index (χ4v) is 5.02. The van der Waals surface area contributed by atoms with Crippen LogP contribution < -0.4 is 11.2 Å². The Morgan fingerprint density at radius 1 is 1.00 bits per heavy atom. The first kappa shape index (κ1) is 28.8. The van der Waals surface area contributed by atoms with Crippen molar-refractivity contribution in [1.82, 2.24) is 14.9 Å². The number of amides is 1. The molecule has 3 heterocycles. The van der Waals surface area contributed by atoms with Gasteiger partial charge in [-0.05, 0) is 68.6 Å². The van der Waals surface area contributed by atoms with Gasteiger partial charge in [0.05, 0.1) is 16.7 Å². The van der Waals surface area contributed by atoms with E-state index in [4.69, 9.17) is 15.0 Å². The van der Waals surface area contributed by atoms with Gasteiger partial charge in [0.15, 0.2) is 6.29 Å².